The Morgan fingerprint density at radius 3 is 2.77 bits per heavy atom. The molecule has 9 heteroatoms. The van der Waals surface area contributed by atoms with Gasteiger partial charge >= 0.3 is 0 Å². The first-order valence-corrected chi connectivity index (χ1v) is 11.5. The molecular weight excluding hydrogens is 434 g/mol. The fourth-order valence-electron chi connectivity index (χ4n) is 3.44. The second-order valence-corrected chi connectivity index (χ2v) is 8.53. The fourth-order valence-corrected chi connectivity index (χ4v) is 4.37. The van der Waals surface area contributed by atoms with Crippen LogP contribution in [-0.2, 0) is 11.3 Å². The number of halogens is 1. The van der Waals surface area contributed by atoms with Crippen molar-refractivity contribution in [3.63, 3.8) is 0 Å². The van der Waals surface area contributed by atoms with Gasteiger partial charge in [0, 0.05) is 17.3 Å². The molecule has 160 valence electrons. The summed E-state index contributed by atoms with van der Waals surface area (Å²) in [6.45, 7) is 2.71. The predicted molar refractivity (Wildman–Crippen MR) is 125 cm³/mol. The molecule has 7 nitrogen and oxygen atoms in total. The van der Waals surface area contributed by atoms with E-state index in [0.717, 1.165) is 24.8 Å². The van der Waals surface area contributed by atoms with Crippen molar-refractivity contribution in [2.45, 2.75) is 37.9 Å². The normalized spacial score (nSPS) is 11.3. The van der Waals surface area contributed by atoms with E-state index in [4.69, 9.17) is 11.6 Å². The highest BCUT2D eigenvalue weighted by Gasteiger charge is 2.17. The maximum Gasteiger partial charge on any atom is 0.262 e. The molecule has 0 saturated heterocycles. The summed E-state index contributed by atoms with van der Waals surface area (Å²) in [6.07, 6.45) is 2.99. The van der Waals surface area contributed by atoms with Crippen molar-refractivity contribution < 1.29 is 4.79 Å². The van der Waals surface area contributed by atoms with Gasteiger partial charge in [0.05, 0.1) is 16.7 Å². The molecule has 0 fully saturated rings. The van der Waals surface area contributed by atoms with Crippen LogP contribution in [0.3, 0.4) is 0 Å². The van der Waals surface area contributed by atoms with Crippen LogP contribution in [-0.4, -0.2) is 30.8 Å². The number of hydrogen-bond donors (Lipinski definition) is 1. The summed E-state index contributed by atoms with van der Waals surface area (Å²) in [4.78, 5) is 25.5. The van der Waals surface area contributed by atoms with Crippen molar-refractivity contribution in [1.29, 1.82) is 0 Å². The lowest BCUT2D eigenvalue weighted by Gasteiger charge is -2.11. The number of carbonyl (C=O) groups is 1. The average Bonchev–Trinajstić information content (AvgIpc) is 3.19. The van der Waals surface area contributed by atoms with E-state index >= 15 is 0 Å². The van der Waals surface area contributed by atoms with Gasteiger partial charge in [-0.2, -0.15) is 0 Å². The largest absolute Gasteiger partial charge is 0.325 e. The molecule has 0 atom stereocenters. The molecule has 0 aliphatic carbocycles. The minimum atomic E-state index is -0.176. The van der Waals surface area contributed by atoms with E-state index in [9.17, 15) is 9.59 Å². The Labute approximate surface area is 188 Å². The molecule has 0 unspecified atom stereocenters. The maximum atomic E-state index is 13.0. The summed E-state index contributed by atoms with van der Waals surface area (Å²) in [7, 11) is 0. The van der Waals surface area contributed by atoms with Gasteiger partial charge in [0.25, 0.3) is 5.56 Å². The molecule has 0 aliphatic rings. The van der Waals surface area contributed by atoms with Gasteiger partial charge in [-0.1, -0.05) is 61.3 Å². The molecule has 0 bridgehead atoms. The Bertz CT molecular complexity index is 1300. The van der Waals surface area contributed by atoms with Crippen molar-refractivity contribution in [2.24, 2.45) is 0 Å². The molecule has 0 spiro atoms. The highest BCUT2D eigenvalue weighted by molar-refractivity contribution is 7.99. The first-order valence-electron chi connectivity index (χ1n) is 10.1. The van der Waals surface area contributed by atoms with Crippen molar-refractivity contribution in [1.82, 2.24) is 19.2 Å². The Morgan fingerprint density at radius 2 is 1.97 bits per heavy atom. The second-order valence-electron chi connectivity index (χ2n) is 7.15. The first kappa shape index (κ1) is 21.4. The highest BCUT2D eigenvalue weighted by Crippen LogP contribution is 2.22. The Hall–Kier alpha value is -2.84. The van der Waals surface area contributed by atoms with E-state index in [1.165, 1.54) is 11.8 Å². The summed E-state index contributed by atoms with van der Waals surface area (Å²) in [5.41, 5.74) is 1.30. The van der Waals surface area contributed by atoms with Gasteiger partial charge in [-0.05, 0) is 36.8 Å². The predicted octanol–water partition coefficient (Wildman–Crippen LogP) is 4.62. The number of fused-ring (bicyclic) bond motifs is 3. The summed E-state index contributed by atoms with van der Waals surface area (Å²) in [5, 5.41) is 13.1. The quantitative estimate of drug-likeness (QED) is 0.309. The minimum absolute atomic E-state index is 0.0677. The molecule has 2 aromatic carbocycles. The monoisotopic (exact) mass is 455 g/mol. The lowest BCUT2D eigenvalue weighted by molar-refractivity contribution is -0.113. The number of unbranched alkanes of at least 4 members (excludes halogenated alkanes) is 2. The molecule has 0 radical (unpaired) electrons. The van der Waals surface area contributed by atoms with Crippen LogP contribution < -0.4 is 10.9 Å². The van der Waals surface area contributed by atoms with Crippen molar-refractivity contribution in [3.8, 4) is 0 Å². The zero-order valence-corrected chi connectivity index (χ0v) is 18.6. The van der Waals surface area contributed by atoms with Gasteiger partial charge in [0.2, 0.25) is 11.7 Å². The Balaban J connectivity index is 1.64. The topological polar surface area (TPSA) is 81.3 Å². The van der Waals surface area contributed by atoms with Crippen LogP contribution in [0.25, 0.3) is 16.7 Å². The highest BCUT2D eigenvalue weighted by atomic mass is 35.5. The zero-order chi connectivity index (χ0) is 21.8. The summed E-state index contributed by atoms with van der Waals surface area (Å²) >= 11 is 7.25. The number of rotatable bonds is 8. The van der Waals surface area contributed by atoms with Crippen molar-refractivity contribution >= 4 is 51.6 Å². The first-order chi connectivity index (χ1) is 15.1. The molecular formula is C22H22ClN5O2S. The van der Waals surface area contributed by atoms with Crippen LogP contribution in [0.1, 0.15) is 26.2 Å². The van der Waals surface area contributed by atoms with E-state index < -0.39 is 0 Å². The third kappa shape index (κ3) is 4.60. The van der Waals surface area contributed by atoms with Crippen molar-refractivity contribution in [2.75, 3.05) is 11.1 Å². The van der Waals surface area contributed by atoms with E-state index in [1.807, 2.05) is 28.7 Å². The number of hydrogen-bond acceptors (Lipinski definition) is 5. The van der Waals surface area contributed by atoms with E-state index in [0.29, 0.717) is 33.6 Å². The van der Waals surface area contributed by atoms with E-state index in [1.54, 1.807) is 28.8 Å². The molecule has 4 aromatic rings. The van der Waals surface area contributed by atoms with Crippen LogP contribution >= 0.6 is 23.4 Å². The molecule has 0 aliphatic heterocycles. The maximum absolute atomic E-state index is 13.0. The number of nitrogens with zero attached hydrogens (tertiary/aromatic N) is 4. The van der Waals surface area contributed by atoms with Crippen LogP contribution in [0, 0.1) is 0 Å². The van der Waals surface area contributed by atoms with Gasteiger partial charge < -0.3 is 5.32 Å². The molecule has 0 saturated carbocycles. The lowest BCUT2D eigenvalue weighted by Crippen LogP contribution is -2.23. The number of anilines is 1. The third-order valence-corrected chi connectivity index (χ3v) is 6.07. The van der Waals surface area contributed by atoms with E-state index in [2.05, 4.69) is 22.4 Å². The molecule has 2 aromatic heterocycles. The zero-order valence-electron chi connectivity index (χ0n) is 17.0. The van der Waals surface area contributed by atoms with Gasteiger partial charge in [0.15, 0.2) is 5.16 Å². The molecule has 1 N–H and O–H groups in total. The van der Waals surface area contributed by atoms with Crippen LogP contribution in [0.4, 0.5) is 5.69 Å². The number of benzene rings is 2. The second kappa shape index (κ2) is 9.53. The Kier molecular flexibility index (Phi) is 6.58. The van der Waals surface area contributed by atoms with Gasteiger partial charge in [-0.15, -0.1) is 10.2 Å². The number of thioether (sulfide) groups is 1. The number of carbonyl (C=O) groups excluding carboxylic acids is 1. The average molecular weight is 456 g/mol. The van der Waals surface area contributed by atoms with Gasteiger partial charge in [-0.25, -0.2) is 0 Å². The summed E-state index contributed by atoms with van der Waals surface area (Å²) < 4.78 is 3.54. The number of aromatic nitrogens is 4. The Morgan fingerprint density at radius 1 is 1.13 bits per heavy atom. The standard InChI is InChI=1S/C22H22ClN5O2S/c1-2-3-6-12-27-20(30)17-10-4-5-11-18(17)28-21(27)25-26-22(28)31-14-19(29)24-16-9-7-8-15(23)13-16/h4-5,7-11,13H,2-3,6,12,14H2,1H3,(H,24,29). The number of para-hydroxylation sites is 1. The number of aryl methyl sites for hydroxylation is 1. The third-order valence-electron chi connectivity index (χ3n) is 4.90. The smallest absolute Gasteiger partial charge is 0.262 e. The minimum Gasteiger partial charge on any atom is -0.325 e. The van der Waals surface area contributed by atoms with Crippen LogP contribution in [0.15, 0.2) is 58.5 Å². The van der Waals surface area contributed by atoms with Gasteiger partial charge in [0.1, 0.15) is 0 Å². The van der Waals surface area contributed by atoms with Crippen LogP contribution in [0.5, 0.6) is 0 Å². The summed E-state index contributed by atoms with van der Waals surface area (Å²) in [5.74, 6) is 0.471. The molecule has 2 heterocycles. The lowest BCUT2D eigenvalue weighted by atomic mass is 10.2. The summed E-state index contributed by atoms with van der Waals surface area (Å²) in [6, 6.07) is 14.4. The van der Waals surface area contributed by atoms with E-state index in [-0.39, 0.29) is 17.2 Å². The van der Waals surface area contributed by atoms with Crippen molar-refractivity contribution in [3.05, 3.63) is 63.9 Å². The molecule has 1 amide bonds. The fraction of sp³-hybridized carbons (Fsp3) is 0.273. The number of nitrogens with one attached hydrogen (secondary N) is 1. The molecule has 4 rings (SSSR count). The SMILES string of the molecule is CCCCCn1c(=O)c2ccccc2n2c(SCC(=O)Nc3cccc(Cl)c3)nnc12. The van der Waals surface area contributed by atoms with Gasteiger partial charge in [-0.3, -0.25) is 18.6 Å². The van der Waals surface area contributed by atoms with Crippen LogP contribution in [0.2, 0.25) is 5.02 Å². The molecule has 31 heavy (non-hydrogen) atoms. The number of amides is 1.